The number of hydrogen-bond donors (Lipinski definition) is 0. The number of carbonyl (C=O) groups is 1. The molecule has 0 bridgehead atoms. The first-order valence-corrected chi connectivity index (χ1v) is 13.7. The minimum Gasteiger partial charge on any atom is -0.490 e. The van der Waals surface area contributed by atoms with Crippen molar-refractivity contribution in [1.29, 1.82) is 0 Å². The first kappa shape index (κ1) is 25.2. The standard InChI is InChI=1S/C34H37NO2/c1-23(26-11-6-4-7-12-26)17-24(2)28-18-29(20-31(36)19-28)25(3)37-34-22-30(27-13-8-5-9-14-27)21-33-32(34)15-10-16-35-33/h4-16,21-25,28-29H,17-20H2,1-3H3. The number of Topliss-reactive ketones (excluding diaryl/α,β-unsaturated/α-hetero) is 1. The van der Waals surface area contributed by atoms with Crippen molar-refractivity contribution in [3.63, 3.8) is 0 Å². The van der Waals surface area contributed by atoms with E-state index in [2.05, 4.69) is 98.6 Å². The number of rotatable bonds is 8. The largest absolute Gasteiger partial charge is 0.490 e. The topological polar surface area (TPSA) is 39.2 Å². The van der Waals surface area contributed by atoms with Gasteiger partial charge in [-0.15, -0.1) is 0 Å². The van der Waals surface area contributed by atoms with Crippen LogP contribution >= 0.6 is 0 Å². The van der Waals surface area contributed by atoms with Crippen LogP contribution in [0.15, 0.2) is 91.1 Å². The Balaban J connectivity index is 1.33. The second-order valence-electron chi connectivity index (χ2n) is 11.0. The van der Waals surface area contributed by atoms with Crippen LogP contribution in [-0.2, 0) is 4.79 Å². The highest BCUT2D eigenvalue weighted by Crippen LogP contribution is 2.40. The molecule has 1 aromatic heterocycles. The highest BCUT2D eigenvalue weighted by Gasteiger charge is 2.35. The van der Waals surface area contributed by atoms with Gasteiger partial charge in [-0.3, -0.25) is 9.78 Å². The summed E-state index contributed by atoms with van der Waals surface area (Å²) in [6.45, 7) is 6.77. The lowest BCUT2D eigenvalue weighted by Gasteiger charge is -2.36. The van der Waals surface area contributed by atoms with E-state index in [9.17, 15) is 4.79 Å². The molecule has 0 aliphatic heterocycles. The zero-order chi connectivity index (χ0) is 25.8. The normalized spacial score (nSPS) is 20.4. The highest BCUT2D eigenvalue weighted by molar-refractivity contribution is 5.90. The fourth-order valence-corrected chi connectivity index (χ4v) is 6.02. The van der Waals surface area contributed by atoms with Crippen LogP contribution < -0.4 is 4.74 Å². The average molecular weight is 492 g/mol. The molecule has 0 saturated heterocycles. The Bertz CT molecular complexity index is 1330. The molecule has 0 amide bonds. The van der Waals surface area contributed by atoms with Crippen molar-refractivity contribution in [2.45, 2.75) is 58.5 Å². The van der Waals surface area contributed by atoms with E-state index in [0.29, 0.717) is 36.4 Å². The van der Waals surface area contributed by atoms with E-state index in [1.807, 2.05) is 18.3 Å². The maximum Gasteiger partial charge on any atom is 0.133 e. The Morgan fingerprint density at radius 3 is 2.30 bits per heavy atom. The van der Waals surface area contributed by atoms with Gasteiger partial charge in [-0.1, -0.05) is 74.5 Å². The molecule has 1 aliphatic rings. The maximum atomic E-state index is 12.9. The van der Waals surface area contributed by atoms with Crippen molar-refractivity contribution in [2.75, 3.05) is 0 Å². The van der Waals surface area contributed by atoms with E-state index in [1.54, 1.807) is 0 Å². The molecule has 4 aromatic rings. The van der Waals surface area contributed by atoms with Gasteiger partial charge in [-0.25, -0.2) is 0 Å². The molecule has 0 spiro atoms. The van der Waals surface area contributed by atoms with Crippen molar-refractivity contribution < 1.29 is 9.53 Å². The number of pyridine rings is 1. The number of ketones is 1. The molecule has 1 fully saturated rings. The first-order chi connectivity index (χ1) is 18.0. The van der Waals surface area contributed by atoms with Crippen LogP contribution in [0.3, 0.4) is 0 Å². The second-order valence-corrected chi connectivity index (χ2v) is 11.0. The molecule has 1 saturated carbocycles. The van der Waals surface area contributed by atoms with Gasteiger partial charge >= 0.3 is 0 Å². The van der Waals surface area contributed by atoms with Gasteiger partial charge in [-0.2, -0.15) is 0 Å². The lowest BCUT2D eigenvalue weighted by molar-refractivity contribution is -0.125. The van der Waals surface area contributed by atoms with Gasteiger partial charge < -0.3 is 4.74 Å². The summed E-state index contributed by atoms with van der Waals surface area (Å²) in [5.41, 5.74) is 4.53. The van der Waals surface area contributed by atoms with Crippen LogP contribution in [0.5, 0.6) is 5.75 Å². The number of carbonyl (C=O) groups excluding carboxylic acids is 1. The molecule has 3 nitrogen and oxygen atoms in total. The van der Waals surface area contributed by atoms with Crippen LogP contribution in [-0.4, -0.2) is 16.9 Å². The summed E-state index contributed by atoms with van der Waals surface area (Å²) >= 11 is 0. The van der Waals surface area contributed by atoms with Crippen LogP contribution in [0.4, 0.5) is 0 Å². The summed E-state index contributed by atoms with van der Waals surface area (Å²) in [5.74, 6) is 2.81. The summed E-state index contributed by atoms with van der Waals surface area (Å²) in [4.78, 5) is 17.5. The third-order valence-electron chi connectivity index (χ3n) is 8.25. The molecular weight excluding hydrogens is 454 g/mol. The van der Waals surface area contributed by atoms with Crippen LogP contribution in [0.25, 0.3) is 22.0 Å². The number of hydrogen-bond acceptors (Lipinski definition) is 3. The molecule has 3 heteroatoms. The van der Waals surface area contributed by atoms with Crippen molar-refractivity contribution in [3.8, 4) is 16.9 Å². The van der Waals surface area contributed by atoms with E-state index >= 15 is 0 Å². The van der Waals surface area contributed by atoms with Crippen molar-refractivity contribution in [1.82, 2.24) is 4.98 Å². The third kappa shape index (κ3) is 5.93. The van der Waals surface area contributed by atoms with Gasteiger partial charge in [0.05, 0.1) is 11.6 Å². The Hall–Kier alpha value is -3.46. The Kier molecular flexibility index (Phi) is 7.69. The predicted octanol–water partition coefficient (Wildman–Crippen LogP) is 8.48. The molecule has 5 unspecified atom stereocenters. The van der Waals surface area contributed by atoms with E-state index in [4.69, 9.17) is 4.74 Å². The number of nitrogens with zero attached hydrogens (tertiary/aromatic N) is 1. The van der Waals surface area contributed by atoms with Crippen LogP contribution in [0, 0.1) is 17.8 Å². The lowest BCUT2D eigenvalue weighted by atomic mass is 9.71. The van der Waals surface area contributed by atoms with E-state index in [1.165, 1.54) is 5.56 Å². The van der Waals surface area contributed by atoms with E-state index in [-0.39, 0.29) is 12.0 Å². The molecule has 0 radical (unpaired) electrons. The number of aromatic nitrogens is 1. The van der Waals surface area contributed by atoms with Crippen molar-refractivity contribution >= 4 is 16.7 Å². The fourth-order valence-electron chi connectivity index (χ4n) is 6.02. The second kappa shape index (κ2) is 11.3. The monoisotopic (exact) mass is 491 g/mol. The summed E-state index contributed by atoms with van der Waals surface area (Å²) in [6, 6.07) is 29.3. The third-order valence-corrected chi connectivity index (χ3v) is 8.25. The number of fused-ring (bicyclic) bond motifs is 1. The molecule has 5 atom stereocenters. The first-order valence-electron chi connectivity index (χ1n) is 13.7. The Morgan fingerprint density at radius 2 is 1.54 bits per heavy atom. The maximum absolute atomic E-state index is 12.9. The molecule has 190 valence electrons. The minimum absolute atomic E-state index is 0.0556. The Morgan fingerprint density at radius 1 is 0.838 bits per heavy atom. The van der Waals surface area contributed by atoms with Gasteiger partial charge in [0.1, 0.15) is 11.5 Å². The summed E-state index contributed by atoms with van der Waals surface area (Å²) in [7, 11) is 0. The van der Waals surface area contributed by atoms with Gasteiger partial charge in [0.15, 0.2) is 0 Å². The van der Waals surface area contributed by atoms with Gasteiger partial charge in [0, 0.05) is 30.3 Å². The zero-order valence-corrected chi connectivity index (χ0v) is 22.1. The quantitative estimate of drug-likeness (QED) is 0.248. The summed E-state index contributed by atoms with van der Waals surface area (Å²) in [5, 5.41) is 1.01. The van der Waals surface area contributed by atoms with Gasteiger partial charge in [0.25, 0.3) is 0 Å². The van der Waals surface area contributed by atoms with Crippen LogP contribution in [0.1, 0.15) is 57.9 Å². The average Bonchev–Trinajstić information content (AvgIpc) is 2.93. The van der Waals surface area contributed by atoms with Gasteiger partial charge in [-0.05, 0) is 78.5 Å². The summed E-state index contributed by atoms with van der Waals surface area (Å²) < 4.78 is 6.66. The van der Waals surface area contributed by atoms with Gasteiger partial charge in [0.2, 0.25) is 0 Å². The number of ether oxygens (including phenoxy) is 1. The smallest absolute Gasteiger partial charge is 0.133 e. The predicted molar refractivity (Wildman–Crippen MR) is 152 cm³/mol. The van der Waals surface area contributed by atoms with Crippen molar-refractivity contribution in [2.24, 2.45) is 17.8 Å². The molecular formula is C34H37NO2. The minimum atomic E-state index is -0.0556. The Labute approximate surface area is 220 Å². The molecule has 1 aliphatic carbocycles. The molecule has 3 aromatic carbocycles. The zero-order valence-electron chi connectivity index (χ0n) is 22.1. The van der Waals surface area contributed by atoms with Crippen molar-refractivity contribution in [3.05, 3.63) is 96.7 Å². The molecule has 0 N–H and O–H groups in total. The lowest BCUT2D eigenvalue weighted by Crippen LogP contribution is -2.35. The summed E-state index contributed by atoms with van der Waals surface area (Å²) in [6.07, 6.45) is 5.20. The highest BCUT2D eigenvalue weighted by atomic mass is 16.5. The van der Waals surface area contributed by atoms with E-state index in [0.717, 1.165) is 40.6 Å². The van der Waals surface area contributed by atoms with Crippen LogP contribution in [0.2, 0.25) is 0 Å². The SMILES string of the molecule is CC(CC(C)C1CC(=O)CC(C(C)Oc2cc(-c3ccccc3)cc3ncccc23)C1)c1ccccc1. The molecule has 5 rings (SSSR count). The molecule has 37 heavy (non-hydrogen) atoms. The number of benzene rings is 3. The van der Waals surface area contributed by atoms with E-state index < -0.39 is 0 Å². The molecule has 1 heterocycles. The fraction of sp³-hybridized carbons (Fsp3) is 0.353.